The Morgan fingerprint density at radius 2 is 2.05 bits per heavy atom. The van der Waals surface area contributed by atoms with Gasteiger partial charge in [-0.25, -0.2) is 4.68 Å². The van der Waals surface area contributed by atoms with Gasteiger partial charge in [-0.1, -0.05) is 50.6 Å². The van der Waals surface area contributed by atoms with Crippen molar-refractivity contribution in [2.45, 2.75) is 40.2 Å². The molecule has 0 unspecified atom stereocenters. The summed E-state index contributed by atoms with van der Waals surface area (Å²) >= 11 is 6.26. The topological polar surface area (TPSA) is 29.9 Å². The van der Waals surface area contributed by atoms with Crippen molar-refractivity contribution >= 4 is 17.4 Å². The second-order valence-corrected chi connectivity index (χ2v) is 6.20. The first kappa shape index (κ1) is 15.9. The normalized spacial score (nSPS) is 11.1. The third-order valence-corrected chi connectivity index (χ3v) is 3.65. The van der Waals surface area contributed by atoms with Crippen molar-refractivity contribution in [2.24, 2.45) is 5.92 Å². The maximum atomic E-state index is 6.26. The molecular weight excluding hydrogens is 282 g/mol. The van der Waals surface area contributed by atoms with Gasteiger partial charge in [0.25, 0.3) is 0 Å². The van der Waals surface area contributed by atoms with Crippen molar-refractivity contribution in [3.63, 3.8) is 0 Å². The number of nitrogens with one attached hydrogen (secondary N) is 1. The van der Waals surface area contributed by atoms with Gasteiger partial charge in [0.05, 0.1) is 12.2 Å². The minimum Gasteiger partial charge on any atom is -0.370 e. The molecule has 0 amide bonds. The highest BCUT2D eigenvalue weighted by Gasteiger charge is 2.10. The molecule has 0 saturated heterocycles. The Hall–Kier alpha value is -1.48. The molecule has 0 radical (unpaired) electrons. The summed E-state index contributed by atoms with van der Waals surface area (Å²) in [6.07, 6.45) is 2.09. The van der Waals surface area contributed by atoms with Crippen LogP contribution in [0.25, 0.3) is 0 Å². The first-order chi connectivity index (χ1) is 10.1. The monoisotopic (exact) mass is 305 g/mol. The number of anilines is 1. The Kier molecular flexibility index (Phi) is 5.68. The molecule has 0 aliphatic rings. The van der Waals surface area contributed by atoms with Gasteiger partial charge in [-0.2, -0.15) is 5.10 Å². The lowest BCUT2D eigenvalue weighted by Crippen LogP contribution is -2.10. The van der Waals surface area contributed by atoms with Crippen molar-refractivity contribution in [3.8, 4) is 0 Å². The fourth-order valence-electron chi connectivity index (χ4n) is 2.29. The van der Waals surface area contributed by atoms with E-state index in [9.17, 15) is 0 Å². The second kappa shape index (κ2) is 7.51. The van der Waals surface area contributed by atoms with E-state index < -0.39 is 0 Å². The average molecular weight is 306 g/mol. The van der Waals surface area contributed by atoms with Crippen molar-refractivity contribution < 1.29 is 0 Å². The summed E-state index contributed by atoms with van der Waals surface area (Å²) < 4.78 is 2.02. The van der Waals surface area contributed by atoms with Gasteiger partial charge in [-0.15, -0.1) is 0 Å². The van der Waals surface area contributed by atoms with Crippen LogP contribution in [-0.4, -0.2) is 16.3 Å². The molecule has 4 heteroatoms. The smallest absolute Gasteiger partial charge is 0.124 e. The van der Waals surface area contributed by atoms with Crippen molar-refractivity contribution in [2.75, 3.05) is 11.9 Å². The summed E-state index contributed by atoms with van der Waals surface area (Å²) in [7, 11) is 0. The average Bonchev–Trinajstić information content (AvgIpc) is 2.80. The van der Waals surface area contributed by atoms with E-state index in [4.69, 9.17) is 16.7 Å². The number of aromatic nitrogens is 2. The lowest BCUT2D eigenvalue weighted by molar-refractivity contribution is 0.609. The summed E-state index contributed by atoms with van der Waals surface area (Å²) in [5.74, 6) is 1.68. The molecule has 1 N–H and O–H groups in total. The van der Waals surface area contributed by atoms with E-state index in [2.05, 4.69) is 38.2 Å². The fraction of sp³-hybridized carbons (Fsp3) is 0.471. The van der Waals surface area contributed by atoms with E-state index in [-0.39, 0.29) is 0 Å². The molecule has 0 atom stereocenters. The van der Waals surface area contributed by atoms with Crippen LogP contribution in [0.4, 0.5) is 5.82 Å². The Balaban J connectivity index is 2.23. The van der Waals surface area contributed by atoms with Crippen LogP contribution in [0.3, 0.4) is 0 Å². The summed E-state index contributed by atoms with van der Waals surface area (Å²) in [5.41, 5.74) is 2.23. The van der Waals surface area contributed by atoms with E-state index in [0.29, 0.717) is 12.5 Å². The standard InChI is InChI=1S/C17H24ClN3/c1-4-9-19-17-11-15(10-13(2)3)20-21(17)12-14-7-5-6-8-16(14)18/h5-8,11,13,19H,4,9-10,12H2,1-3H3. The molecule has 0 bridgehead atoms. The Bertz CT molecular complexity index is 575. The first-order valence-electron chi connectivity index (χ1n) is 7.64. The largest absolute Gasteiger partial charge is 0.370 e. The zero-order chi connectivity index (χ0) is 15.2. The maximum absolute atomic E-state index is 6.26. The Morgan fingerprint density at radius 1 is 1.29 bits per heavy atom. The molecule has 0 spiro atoms. The lowest BCUT2D eigenvalue weighted by atomic mass is 10.1. The number of benzene rings is 1. The minimum atomic E-state index is 0.604. The molecule has 0 saturated carbocycles. The summed E-state index contributed by atoms with van der Waals surface area (Å²) in [6, 6.07) is 10.1. The molecule has 1 aromatic heterocycles. The molecule has 114 valence electrons. The molecule has 2 aromatic rings. The fourth-order valence-corrected chi connectivity index (χ4v) is 2.49. The van der Waals surface area contributed by atoms with Gasteiger partial charge in [0.1, 0.15) is 5.82 Å². The zero-order valence-corrected chi connectivity index (χ0v) is 13.8. The van der Waals surface area contributed by atoms with Crippen LogP contribution in [-0.2, 0) is 13.0 Å². The lowest BCUT2D eigenvalue weighted by Gasteiger charge is -2.10. The van der Waals surface area contributed by atoms with E-state index in [1.807, 2.05) is 22.9 Å². The molecule has 0 aliphatic heterocycles. The zero-order valence-electron chi connectivity index (χ0n) is 13.1. The van der Waals surface area contributed by atoms with Gasteiger partial charge in [0.2, 0.25) is 0 Å². The number of nitrogens with zero attached hydrogens (tertiary/aromatic N) is 2. The quantitative estimate of drug-likeness (QED) is 0.810. The number of hydrogen-bond acceptors (Lipinski definition) is 2. The van der Waals surface area contributed by atoms with Gasteiger partial charge in [0.15, 0.2) is 0 Å². The third-order valence-electron chi connectivity index (χ3n) is 3.28. The van der Waals surface area contributed by atoms with Gasteiger partial charge < -0.3 is 5.32 Å². The van der Waals surface area contributed by atoms with Crippen LogP contribution < -0.4 is 5.32 Å². The van der Waals surface area contributed by atoms with E-state index >= 15 is 0 Å². The van der Waals surface area contributed by atoms with Crippen LogP contribution in [0.15, 0.2) is 30.3 Å². The van der Waals surface area contributed by atoms with Crippen molar-refractivity contribution in [1.82, 2.24) is 9.78 Å². The SMILES string of the molecule is CCCNc1cc(CC(C)C)nn1Cc1ccccc1Cl. The molecule has 1 heterocycles. The van der Waals surface area contributed by atoms with Gasteiger partial charge in [-0.3, -0.25) is 0 Å². The van der Waals surface area contributed by atoms with Crippen LogP contribution in [0.2, 0.25) is 5.02 Å². The number of halogens is 1. The summed E-state index contributed by atoms with van der Waals surface area (Å²) in [4.78, 5) is 0. The van der Waals surface area contributed by atoms with E-state index in [1.54, 1.807) is 0 Å². The van der Waals surface area contributed by atoms with Crippen molar-refractivity contribution in [1.29, 1.82) is 0 Å². The summed E-state index contributed by atoms with van der Waals surface area (Å²) in [5, 5.41) is 8.98. The third kappa shape index (κ3) is 4.50. The molecule has 0 aliphatic carbocycles. The number of rotatable bonds is 7. The molecule has 3 nitrogen and oxygen atoms in total. The molecule has 0 fully saturated rings. The molecule has 21 heavy (non-hydrogen) atoms. The Morgan fingerprint density at radius 3 is 2.71 bits per heavy atom. The highest BCUT2D eigenvalue weighted by Crippen LogP contribution is 2.20. The first-order valence-corrected chi connectivity index (χ1v) is 8.02. The number of hydrogen-bond donors (Lipinski definition) is 1. The molecular formula is C17H24ClN3. The van der Waals surface area contributed by atoms with Crippen LogP contribution in [0.5, 0.6) is 0 Å². The highest BCUT2D eigenvalue weighted by molar-refractivity contribution is 6.31. The Labute approximate surface area is 132 Å². The van der Waals surface area contributed by atoms with Crippen LogP contribution in [0, 0.1) is 5.92 Å². The van der Waals surface area contributed by atoms with E-state index in [0.717, 1.165) is 41.5 Å². The van der Waals surface area contributed by atoms with Crippen molar-refractivity contribution in [3.05, 3.63) is 46.6 Å². The van der Waals surface area contributed by atoms with E-state index in [1.165, 1.54) is 0 Å². The van der Waals surface area contributed by atoms with Crippen LogP contribution in [0.1, 0.15) is 38.4 Å². The highest BCUT2D eigenvalue weighted by atomic mass is 35.5. The molecule has 1 aromatic carbocycles. The predicted octanol–water partition coefficient (Wildman–Crippen LogP) is 4.61. The van der Waals surface area contributed by atoms with Crippen LogP contribution >= 0.6 is 11.6 Å². The van der Waals surface area contributed by atoms with Gasteiger partial charge in [0, 0.05) is 17.6 Å². The summed E-state index contributed by atoms with van der Waals surface area (Å²) in [6.45, 7) is 8.24. The van der Waals surface area contributed by atoms with Gasteiger partial charge >= 0.3 is 0 Å². The molecule has 2 rings (SSSR count). The minimum absolute atomic E-state index is 0.604. The second-order valence-electron chi connectivity index (χ2n) is 5.79. The predicted molar refractivity (Wildman–Crippen MR) is 90.1 cm³/mol. The maximum Gasteiger partial charge on any atom is 0.124 e. The van der Waals surface area contributed by atoms with Gasteiger partial charge in [-0.05, 0) is 30.4 Å².